The second-order valence-electron chi connectivity index (χ2n) is 8.08. The van der Waals surface area contributed by atoms with E-state index in [1.54, 1.807) is 19.1 Å². The number of aliphatic hydroxyl groups is 1. The van der Waals surface area contributed by atoms with Gasteiger partial charge in [0, 0.05) is 12.1 Å². The first kappa shape index (κ1) is 24.2. The zero-order chi connectivity index (χ0) is 25.1. The van der Waals surface area contributed by atoms with Gasteiger partial charge in [0.25, 0.3) is 5.56 Å². The second-order valence-corrected chi connectivity index (χ2v) is 8.52. The van der Waals surface area contributed by atoms with Crippen LogP contribution in [0.1, 0.15) is 18.1 Å². The van der Waals surface area contributed by atoms with E-state index in [4.69, 9.17) is 16.3 Å². The van der Waals surface area contributed by atoms with Crippen LogP contribution in [0.2, 0.25) is 5.02 Å². The summed E-state index contributed by atoms with van der Waals surface area (Å²) in [6, 6.07) is 14.6. The van der Waals surface area contributed by atoms with Crippen LogP contribution in [0.15, 0.2) is 63.2 Å². The molecular formula is C24H25ClN6O4. The number of ether oxygens (including phenoxy) is 1. The Morgan fingerprint density at radius 1 is 1.23 bits per heavy atom. The van der Waals surface area contributed by atoms with Crippen LogP contribution in [0.4, 0.5) is 5.95 Å². The molecule has 0 unspecified atom stereocenters. The van der Waals surface area contributed by atoms with Gasteiger partial charge in [-0.25, -0.2) is 10.2 Å². The van der Waals surface area contributed by atoms with Gasteiger partial charge in [-0.3, -0.25) is 14.3 Å². The van der Waals surface area contributed by atoms with Crippen molar-refractivity contribution in [3.8, 4) is 5.75 Å². The maximum absolute atomic E-state index is 12.7. The first-order chi connectivity index (χ1) is 16.7. The van der Waals surface area contributed by atoms with Crippen molar-refractivity contribution in [2.24, 2.45) is 12.1 Å². The first-order valence-electron chi connectivity index (χ1n) is 10.9. The van der Waals surface area contributed by atoms with Crippen molar-refractivity contribution in [3.63, 3.8) is 0 Å². The minimum atomic E-state index is -0.981. The number of fused-ring (bicyclic) bond motifs is 1. The fourth-order valence-corrected chi connectivity index (χ4v) is 3.68. The maximum atomic E-state index is 12.7. The highest BCUT2D eigenvalue weighted by atomic mass is 35.5. The number of H-pyrrole nitrogens is 1. The highest BCUT2D eigenvalue weighted by Crippen LogP contribution is 2.19. The summed E-state index contributed by atoms with van der Waals surface area (Å²) in [6.07, 6.45) is -0.981. The van der Waals surface area contributed by atoms with E-state index >= 15 is 0 Å². The normalized spacial score (nSPS) is 12.7. The van der Waals surface area contributed by atoms with E-state index in [-0.39, 0.29) is 30.3 Å². The Labute approximate surface area is 205 Å². The van der Waals surface area contributed by atoms with Crippen molar-refractivity contribution in [1.82, 2.24) is 19.1 Å². The van der Waals surface area contributed by atoms with Gasteiger partial charge in [-0.15, -0.1) is 0 Å². The number of hydrogen-bond acceptors (Lipinski definition) is 7. The minimum absolute atomic E-state index is 0.0132. The molecule has 2 aromatic heterocycles. The first-order valence-corrected chi connectivity index (χ1v) is 11.2. The fourth-order valence-electron chi connectivity index (χ4n) is 3.55. The van der Waals surface area contributed by atoms with Crippen LogP contribution in [-0.2, 0) is 13.6 Å². The largest absolute Gasteiger partial charge is 0.491 e. The number of nitrogens with zero attached hydrogens (tertiary/aromatic N) is 4. The number of nitrogens with one attached hydrogen (secondary N) is 2. The molecule has 11 heteroatoms. The summed E-state index contributed by atoms with van der Waals surface area (Å²) in [6.45, 7) is 3.67. The Balaban J connectivity index is 1.65. The van der Waals surface area contributed by atoms with Crippen molar-refractivity contribution < 1.29 is 9.84 Å². The number of aryl methyl sites for hydroxylation is 2. The zero-order valence-electron chi connectivity index (χ0n) is 19.4. The van der Waals surface area contributed by atoms with Crippen molar-refractivity contribution in [2.45, 2.75) is 26.5 Å². The third kappa shape index (κ3) is 5.28. The lowest BCUT2D eigenvalue weighted by atomic mass is 10.1. The quantitative estimate of drug-likeness (QED) is 0.254. The molecule has 0 spiro atoms. The molecule has 0 saturated carbocycles. The molecule has 1 atom stereocenters. The summed E-state index contributed by atoms with van der Waals surface area (Å²) >= 11 is 5.96. The number of aromatic nitrogens is 4. The molecular weight excluding hydrogens is 472 g/mol. The van der Waals surface area contributed by atoms with Crippen molar-refractivity contribution >= 4 is 34.4 Å². The molecule has 0 saturated heterocycles. The zero-order valence-corrected chi connectivity index (χ0v) is 20.2. The molecule has 10 nitrogen and oxygen atoms in total. The lowest BCUT2D eigenvalue weighted by molar-refractivity contribution is 0.0935. The van der Waals surface area contributed by atoms with Gasteiger partial charge in [-0.1, -0.05) is 41.9 Å². The van der Waals surface area contributed by atoms with Gasteiger partial charge in [-0.2, -0.15) is 10.1 Å². The average Bonchev–Trinajstić information content (AvgIpc) is 3.19. The third-order valence-corrected chi connectivity index (χ3v) is 5.76. The number of anilines is 1. The second kappa shape index (κ2) is 10.2. The molecule has 2 heterocycles. The van der Waals surface area contributed by atoms with Crippen LogP contribution in [-0.4, -0.2) is 42.6 Å². The Hall–Kier alpha value is -3.89. The average molecular weight is 497 g/mol. The van der Waals surface area contributed by atoms with Crippen LogP contribution < -0.4 is 21.4 Å². The van der Waals surface area contributed by atoms with Crippen molar-refractivity contribution in [3.05, 3.63) is 85.5 Å². The Morgan fingerprint density at radius 2 is 1.94 bits per heavy atom. The van der Waals surface area contributed by atoms with E-state index < -0.39 is 17.4 Å². The predicted octanol–water partition coefficient (Wildman–Crippen LogP) is 2.66. The number of imidazole rings is 1. The van der Waals surface area contributed by atoms with Gasteiger partial charge >= 0.3 is 5.69 Å². The molecule has 2 aromatic carbocycles. The summed E-state index contributed by atoms with van der Waals surface area (Å²) in [5, 5.41) is 15.7. The Kier molecular flexibility index (Phi) is 7.04. The van der Waals surface area contributed by atoms with Crippen LogP contribution in [0.25, 0.3) is 11.2 Å². The van der Waals surface area contributed by atoms with Gasteiger partial charge in [-0.05, 0) is 43.2 Å². The monoisotopic (exact) mass is 496 g/mol. The van der Waals surface area contributed by atoms with Crippen LogP contribution in [0, 0.1) is 6.92 Å². The SMILES string of the molecule is C/C(=N\Nc1nc2c(c(=O)[nH]c(=O)n2C)n1C[C@H](O)COc1ccccc1C)c1ccc(Cl)cc1. The highest BCUT2D eigenvalue weighted by Gasteiger charge is 2.20. The minimum Gasteiger partial charge on any atom is -0.491 e. The number of halogens is 1. The summed E-state index contributed by atoms with van der Waals surface area (Å²) in [7, 11) is 1.50. The van der Waals surface area contributed by atoms with Gasteiger partial charge in [0.1, 0.15) is 18.5 Å². The number of rotatable bonds is 8. The van der Waals surface area contributed by atoms with E-state index in [0.717, 1.165) is 11.1 Å². The third-order valence-electron chi connectivity index (χ3n) is 5.51. The summed E-state index contributed by atoms with van der Waals surface area (Å²) < 4.78 is 8.47. The standard InChI is InChI=1S/C24H25ClN6O4/c1-14-6-4-5-7-19(14)35-13-18(32)12-31-20-21(30(3)24(34)27-22(20)33)26-23(31)29-28-15(2)16-8-10-17(25)11-9-16/h4-11,18,32H,12-13H2,1-3H3,(H,26,29)(H,27,33,34)/b28-15+/t18-/m0/s1. The highest BCUT2D eigenvalue weighted by molar-refractivity contribution is 6.30. The van der Waals surface area contributed by atoms with E-state index in [1.807, 2.05) is 43.3 Å². The molecule has 182 valence electrons. The molecule has 0 bridgehead atoms. The van der Waals surface area contributed by atoms with Gasteiger partial charge in [0.2, 0.25) is 5.95 Å². The molecule has 0 aliphatic rings. The molecule has 0 aliphatic carbocycles. The lowest BCUT2D eigenvalue weighted by Gasteiger charge is -2.16. The van der Waals surface area contributed by atoms with Crippen molar-refractivity contribution in [1.29, 1.82) is 0 Å². The number of hydrogen-bond donors (Lipinski definition) is 3. The lowest BCUT2D eigenvalue weighted by Crippen LogP contribution is -2.30. The van der Waals surface area contributed by atoms with E-state index in [2.05, 4.69) is 20.5 Å². The summed E-state index contributed by atoms with van der Waals surface area (Å²) in [4.78, 5) is 31.4. The van der Waals surface area contributed by atoms with Crippen LogP contribution in [0.3, 0.4) is 0 Å². The van der Waals surface area contributed by atoms with E-state index in [0.29, 0.717) is 16.5 Å². The summed E-state index contributed by atoms with van der Waals surface area (Å²) in [5.74, 6) is 0.846. The molecule has 0 radical (unpaired) electrons. The number of para-hydroxylation sites is 1. The molecule has 4 rings (SSSR count). The van der Waals surface area contributed by atoms with Crippen molar-refractivity contribution in [2.75, 3.05) is 12.0 Å². The van der Waals surface area contributed by atoms with Gasteiger partial charge in [0.15, 0.2) is 11.2 Å². The Morgan fingerprint density at radius 3 is 2.66 bits per heavy atom. The summed E-state index contributed by atoms with van der Waals surface area (Å²) in [5.41, 5.74) is 4.36. The van der Waals surface area contributed by atoms with E-state index in [1.165, 1.54) is 16.2 Å². The molecule has 0 aliphatic heterocycles. The molecule has 0 fully saturated rings. The number of hydrazone groups is 1. The fraction of sp³-hybridized carbons (Fsp3) is 0.250. The number of aliphatic hydroxyl groups excluding tert-OH is 1. The number of benzene rings is 2. The molecule has 35 heavy (non-hydrogen) atoms. The van der Waals surface area contributed by atoms with Gasteiger partial charge in [0.05, 0.1) is 12.3 Å². The smallest absolute Gasteiger partial charge is 0.329 e. The molecule has 4 aromatic rings. The van der Waals surface area contributed by atoms with Crippen LogP contribution in [0.5, 0.6) is 5.75 Å². The number of aromatic amines is 1. The topological polar surface area (TPSA) is 127 Å². The maximum Gasteiger partial charge on any atom is 0.329 e. The van der Waals surface area contributed by atoms with Gasteiger partial charge < -0.3 is 14.4 Å². The molecule has 3 N–H and O–H groups in total. The van der Waals surface area contributed by atoms with Crippen LogP contribution >= 0.6 is 11.6 Å². The molecule has 0 amide bonds. The predicted molar refractivity (Wildman–Crippen MR) is 136 cm³/mol. The Bertz CT molecular complexity index is 1500. The van der Waals surface area contributed by atoms with E-state index in [9.17, 15) is 14.7 Å².